The van der Waals surface area contributed by atoms with E-state index in [2.05, 4.69) is 25.6 Å². The fourth-order valence-electron chi connectivity index (χ4n) is 2.23. The summed E-state index contributed by atoms with van der Waals surface area (Å²) in [5.74, 6) is -0.747. The average Bonchev–Trinajstić information content (AvgIpc) is 3.00. The zero-order chi connectivity index (χ0) is 18.8. The maximum atomic E-state index is 12.1. The van der Waals surface area contributed by atoms with Crippen LogP contribution in [0.15, 0.2) is 29.4 Å². The molecule has 26 heavy (non-hydrogen) atoms. The minimum atomic E-state index is -0.686. The van der Waals surface area contributed by atoms with E-state index < -0.39 is 10.8 Å². The van der Waals surface area contributed by atoms with E-state index in [1.54, 1.807) is 19.9 Å². The van der Waals surface area contributed by atoms with Crippen molar-refractivity contribution in [2.45, 2.75) is 13.8 Å². The number of aryl methyl sites for hydroxylation is 2. The highest BCUT2D eigenvalue weighted by Gasteiger charge is 2.14. The van der Waals surface area contributed by atoms with Gasteiger partial charge in [0.2, 0.25) is 5.82 Å². The van der Waals surface area contributed by atoms with Gasteiger partial charge in [-0.15, -0.1) is 5.10 Å². The number of aromatic hydroxyl groups is 1. The Bertz CT molecular complexity index is 1060. The smallest absolute Gasteiger partial charge is 0.311 e. The van der Waals surface area contributed by atoms with Crippen LogP contribution in [0.3, 0.4) is 0 Å². The predicted octanol–water partition coefficient (Wildman–Crippen LogP) is 1.12. The lowest BCUT2D eigenvalue weighted by molar-refractivity contribution is -0.384. The summed E-state index contributed by atoms with van der Waals surface area (Å²) >= 11 is 0. The summed E-state index contributed by atoms with van der Waals surface area (Å²) < 4.78 is 1.43. The van der Waals surface area contributed by atoms with Crippen molar-refractivity contribution in [2.24, 2.45) is 5.10 Å². The minimum absolute atomic E-state index is 0.0793. The molecule has 0 atom stereocenters. The number of phenols is 1. The summed E-state index contributed by atoms with van der Waals surface area (Å²) in [7, 11) is 0. The third-order valence-electron chi connectivity index (χ3n) is 3.41. The fraction of sp³-hybridized carbons (Fsp3) is 0.133. The predicted molar refractivity (Wildman–Crippen MR) is 90.1 cm³/mol. The Balaban J connectivity index is 1.79. The van der Waals surface area contributed by atoms with Crippen LogP contribution in [0.4, 0.5) is 5.69 Å². The second-order valence-electron chi connectivity index (χ2n) is 5.39. The number of aromatic nitrogens is 4. The van der Waals surface area contributed by atoms with Crippen LogP contribution in [0, 0.1) is 24.0 Å². The van der Waals surface area contributed by atoms with Crippen LogP contribution in [0.25, 0.3) is 5.78 Å². The number of nitro groups is 1. The van der Waals surface area contributed by atoms with Crippen molar-refractivity contribution in [1.29, 1.82) is 0 Å². The minimum Gasteiger partial charge on any atom is -0.507 e. The van der Waals surface area contributed by atoms with Crippen LogP contribution in [-0.2, 0) is 0 Å². The van der Waals surface area contributed by atoms with E-state index in [0.29, 0.717) is 0 Å². The molecule has 3 rings (SSSR count). The first-order chi connectivity index (χ1) is 12.3. The van der Waals surface area contributed by atoms with Crippen molar-refractivity contribution in [3.05, 3.63) is 57.2 Å². The van der Waals surface area contributed by atoms with E-state index in [4.69, 9.17) is 0 Å². The molecule has 0 unspecified atom stereocenters. The summed E-state index contributed by atoms with van der Waals surface area (Å²) in [4.78, 5) is 30.5. The van der Waals surface area contributed by atoms with Crippen molar-refractivity contribution in [3.63, 3.8) is 0 Å². The molecule has 0 saturated heterocycles. The number of amides is 1. The van der Waals surface area contributed by atoms with Gasteiger partial charge in [-0.1, -0.05) is 0 Å². The van der Waals surface area contributed by atoms with E-state index in [9.17, 15) is 20.0 Å². The molecule has 2 heterocycles. The van der Waals surface area contributed by atoms with Crippen molar-refractivity contribution >= 4 is 23.6 Å². The number of carbonyl (C=O) groups is 1. The Morgan fingerprint density at radius 1 is 1.35 bits per heavy atom. The van der Waals surface area contributed by atoms with Crippen LogP contribution in [0.2, 0.25) is 0 Å². The number of nitrogens with zero attached hydrogens (tertiary/aromatic N) is 6. The first-order valence-electron chi connectivity index (χ1n) is 7.37. The van der Waals surface area contributed by atoms with Crippen LogP contribution >= 0.6 is 0 Å². The molecule has 3 aromatic rings. The van der Waals surface area contributed by atoms with Crippen LogP contribution in [0.5, 0.6) is 5.75 Å². The van der Waals surface area contributed by atoms with Gasteiger partial charge >= 0.3 is 5.91 Å². The van der Waals surface area contributed by atoms with Gasteiger partial charge < -0.3 is 5.11 Å². The van der Waals surface area contributed by atoms with Crippen LogP contribution in [0.1, 0.15) is 27.6 Å². The summed E-state index contributed by atoms with van der Waals surface area (Å²) in [6.45, 7) is 3.61. The van der Waals surface area contributed by atoms with Gasteiger partial charge in [-0.25, -0.2) is 14.9 Å². The standard InChI is InChI=1S/C15H13N7O4/c1-8-5-9(2)21-15(17-8)18-13(20-21)14(24)19-16-7-10-6-11(22(25)26)3-4-12(10)23/h3-7,23H,1-2H3,(H,19,24). The number of hydrogen-bond donors (Lipinski definition) is 2. The largest absolute Gasteiger partial charge is 0.507 e. The van der Waals surface area contributed by atoms with E-state index in [1.165, 1.54) is 10.6 Å². The normalized spacial score (nSPS) is 11.2. The molecule has 0 aliphatic heterocycles. The number of fused-ring (bicyclic) bond motifs is 1. The molecule has 0 saturated carbocycles. The molecule has 0 spiro atoms. The first kappa shape index (κ1) is 17.0. The first-order valence-corrected chi connectivity index (χ1v) is 7.37. The lowest BCUT2D eigenvalue weighted by Crippen LogP contribution is -2.19. The zero-order valence-corrected chi connectivity index (χ0v) is 13.7. The molecule has 0 radical (unpaired) electrons. The van der Waals surface area contributed by atoms with Gasteiger partial charge in [-0.3, -0.25) is 14.9 Å². The van der Waals surface area contributed by atoms with E-state index in [0.717, 1.165) is 29.7 Å². The summed E-state index contributed by atoms with van der Waals surface area (Å²) in [6, 6.07) is 5.25. The van der Waals surface area contributed by atoms with Crippen molar-refractivity contribution < 1.29 is 14.8 Å². The lowest BCUT2D eigenvalue weighted by atomic mass is 10.2. The number of nitrogens with one attached hydrogen (secondary N) is 1. The summed E-state index contributed by atoms with van der Waals surface area (Å²) in [5.41, 5.74) is 3.58. The van der Waals surface area contributed by atoms with Gasteiger partial charge in [0.25, 0.3) is 11.5 Å². The highest BCUT2D eigenvalue weighted by molar-refractivity contribution is 5.92. The fourth-order valence-corrected chi connectivity index (χ4v) is 2.23. The number of benzene rings is 1. The molecule has 1 aromatic carbocycles. The van der Waals surface area contributed by atoms with Gasteiger partial charge in [0.05, 0.1) is 11.1 Å². The van der Waals surface area contributed by atoms with Gasteiger partial charge in [0, 0.05) is 29.1 Å². The molecule has 0 fully saturated rings. The number of non-ortho nitro benzene ring substituents is 1. The SMILES string of the molecule is Cc1cc(C)n2nc(C(=O)NN=Cc3cc([N+](=O)[O-])ccc3O)nc2n1. The monoisotopic (exact) mass is 355 g/mol. The highest BCUT2D eigenvalue weighted by atomic mass is 16.6. The van der Waals surface area contributed by atoms with Crippen LogP contribution in [-0.4, -0.2) is 41.7 Å². The third kappa shape index (κ3) is 3.31. The molecule has 0 aliphatic carbocycles. The number of carbonyl (C=O) groups excluding carboxylic acids is 1. The maximum absolute atomic E-state index is 12.1. The lowest BCUT2D eigenvalue weighted by Gasteiger charge is -1.99. The average molecular weight is 355 g/mol. The topological polar surface area (TPSA) is 148 Å². The van der Waals surface area contributed by atoms with Crippen LogP contribution < -0.4 is 5.43 Å². The second kappa shape index (κ2) is 6.55. The Kier molecular flexibility index (Phi) is 4.27. The molecule has 11 nitrogen and oxygen atoms in total. The van der Waals surface area contributed by atoms with E-state index in [-0.39, 0.29) is 28.6 Å². The molecule has 11 heteroatoms. The molecule has 2 aromatic heterocycles. The highest BCUT2D eigenvalue weighted by Crippen LogP contribution is 2.21. The van der Waals surface area contributed by atoms with Gasteiger partial charge in [0.1, 0.15) is 5.75 Å². The number of phenolic OH excluding ortho intramolecular Hbond substituents is 1. The molecule has 132 valence electrons. The third-order valence-corrected chi connectivity index (χ3v) is 3.41. The molecular formula is C15H13N7O4. The van der Waals surface area contributed by atoms with Gasteiger partial charge in [0.15, 0.2) is 0 Å². The number of rotatable bonds is 4. The maximum Gasteiger partial charge on any atom is 0.311 e. The Labute approximate surface area is 146 Å². The summed E-state index contributed by atoms with van der Waals surface area (Å²) in [5, 5.41) is 28.2. The Morgan fingerprint density at radius 3 is 2.85 bits per heavy atom. The van der Waals surface area contributed by atoms with Gasteiger partial charge in [-0.2, -0.15) is 10.1 Å². The second-order valence-corrected chi connectivity index (χ2v) is 5.39. The molecule has 1 amide bonds. The zero-order valence-electron chi connectivity index (χ0n) is 13.7. The number of hydrazone groups is 1. The number of hydrogen-bond acceptors (Lipinski definition) is 8. The summed E-state index contributed by atoms with van der Waals surface area (Å²) in [6.07, 6.45) is 1.09. The van der Waals surface area contributed by atoms with E-state index >= 15 is 0 Å². The Morgan fingerprint density at radius 2 is 2.12 bits per heavy atom. The van der Waals surface area contributed by atoms with Crippen molar-refractivity contribution in [2.75, 3.05) is 0 Å². The van der Waals surface area contributed by atoms with Crippen molar-refractivity contribution in [3.8, 4) is 5.75 Å². The molecule has 0 bridgehead atoms. The quantitative estimate of drug-likeness (QED) is 0.404. The molecule has 0 aliphatic rings. The number of nitro benzene ring substituents is 1. The van der Waals surface area contributed by atoms with E-state index in [1.807, 2.05) is 0 Å². The molecular weight excluding hydrogens is 342 g/mol. The van der Waals surface area contributed by atoms with Crippen molar-refractivity contribution in [1.82, 2.24) is 25.0 Å². The van der Waals surface area contributed by atoms with Gasteiger partial charge in [-0.05, 0) is 26.0 Å². The molecule has 2 N–H and O–H groups in total. The Hall–Kier alpha value is -3.89.